The van der Waals surface area contributed by atoms with Gasteiger partial charge in [0.1, 0.15) is 11.5 Å². The molecule has 0 saturated carbocycles. The van der Waals surface area contributed by atoms with Crippen LogP contribution in [0.15, 0.2) is 58.8 Å². The highest BCUT2D eigenvalue weighted by molar-refractivity contribution is 8.00. The van der Waals surface area contributed by atoms with Crippen LogP contribution >= 0.6 is 11.8 Å². The van der Waals surface area contributed by atoms with E-state index in [9.17, 15) is 0 Å². The van der Waals surface area contributed by atoms with Crippen LogP contribution < -0.4 is 9.47 Å². The molecule has 0 spiro atoms. The Bertz CT molecular complexity index is 983. The Morgan fingerprint density at radius 3 is 2.65 bits per heavy atom. The molecular formula is C19H18N4O2S. The van der Waals surface area contributed by atoms with Gasteiger partial charge in [0.15, 0.2) is 5.82 Å². The molecular weight excluding hydrogens is 348 g/mol. The minimum absolute atomic E-state index is 0.140. The van der Waals surface area contributed by atoms with Crippen LogP contribution in [0.25, 0.3) is 11.4 Å². The molecule has 0 amide bonds. The maximum Gasteiger partial charge on any atom is 0.213 e. The largest absolute Gasteiger partial charge is 0.497 e. The Morgan fingerprint density at radius 2 is 1.85 bits per heavy atom. The molecule has 2 aromatic carbocycles. The van der Waals surface area contributed by atoms with E-state index in [4.69, 9.17) is 14.6 Å². The summed E-state index contributed by atoms with van der Waals surface area (Å²) >= 11 is 1.63. The molecule has 4 rings (SSSR count). The summed E-state index contributed by atoms with van der Waals surface area (Å²) in [5.74, 6) is 2.26. The molecule has 0 fully saturated rings. The summed E-state index contributed by atoms with van der Waals surface area (Å²) in [7, 11) is 3.32. The number of fused-ring (bicyclic) bond motifs is 1. The number of hydrogen-bond donors (Lipinski definition) is 0. The van der Waals surface area contributed by atoms with Crippen LogP contribution in [-0.2, 0) is 0 Å². The number of thioether (sulfide) groups is 1. The number of aromatic nitrogens is 3. The smallest absolute Gasteiger partial charge is 0.213 e. The van der Waals surface area contributed by atoms with Crippen LogP contribution in [-0.4, -0.2) is 40.1 Å². The van der Waals surface area contributed by atoms with E-state index in [1.54, 1.807) is 30.7 Å². The molecule has 1 atom stereocenters. The minimum Gasteiger partial charge on any atom is -0.497 e. The zero-order chi connectivity index (χ0) is 18.1. The van der Waals surface area contributed by atoms with Gasteiger partial charge in [-0.2, -0.15) is 9.78 Å². The summed E-state index contributed by atoms with van der Waals surface area (Å²) in [6.07, 6.45) is 0. The molecule has 1 aromatic heterocycles. The van der Waals surface area contributed by atoms with Gasteiger partial charge in [-0.25, -0.2) is 0 Å². The first-order valence-corrected chi connectivity index (χ1v) is 9.08. The fourth-order valence-corrected chi connectivity index (χ4v) is 3.82. The van der Waals surface area contributed by atoms with Crippen LogP contribution in [0.3, 0.4) is 0 Å². The molecule has 2 heterocycles. The van der Waals surface area contributed by atoms with E-state index in [1.807, 2.05) is 48.5 Å². The van der Waals surface area contributed by atoms with Crippen molar-refractivity contribution in [3.8, 4) is 22.9 Å². The molecule has 0 aliphatic carbocycles. The first-order chi connectivity index (χ1) is 12.7. The highest BCUT2D eigenvalue weighted by atomic mass is 32.2. The van der Waals surface area contributed by atoms with E-state index in [1.165, 1.54) is 0 Å². The second kappa shape index (κ2) is 6.84. The van der Waals surface area contributed by atoms with E-state index in [0.29, 0.717) is 5.82 Å². The summed E-state index contributed by atoms with van der Waals surface area (Å²) < 4.78 is 12.6. The van der Waals surface area contributed by atoms with Crippen LogP contribution in [0.5, 0.6) is 11.5 Å². The lowest BCUT2D eigenvalue weighted by Gasteiger charge is -2.21. The number of ether oxygens (including phenoxy) is 2. The molecule has 7 heteroatoms. The lowest BCUT2D eigenvalue weighted by atomic mass is 10.1. The highest BCUT2D eigenvalue weighted by Gasteiger charge is 2.27. The zero-order valence-corrected chi connectivity index (χ0v) is 15.5. The van der Waals surface area contributed by atoms with Crippen LogP contribution in [0.2, 0.25) is 0 Å². The van der Waals surface area contributed by atoms with Gasteiger partial charge in [-0.15, -0.1) is 10.2 Å². The van der Waals surface area contributed by atoms with Crippen LogP contribution in [0.1, 0.15) is 12.5 Å². The van der Waals surface area contributed by atoms with Crippen molar-refractivity contribution in [3.05, 3.63) is 54.1 Å². The monoisotopic (exact) mass is 366 g/mol. The molecule has 0 radical (unpaired) electrons. The Balaban J connectivity index is 1.84. The SMILES string of the molecule is COc1cccc(-c2nnc3n2N=C(c2ccccc2OC)[C@H](C)S3)c1. The third-order valence-corrected chi connectivity index (χ3v) is 5.24. The van der Waals surface area contributed by atoms with Crippen molar-refractivity contribution in [1.29, 1.82) is 0 Å². The number of hydrogen-bond acceptors (Lipinski definition) is 6. The van der Waals surface area contributed by atoms with E-state index in [0.717, 1.165) is 33.5 Å². The Hall–Kier alpha value is -2.80. The summed E-state index contributed by atoms with van der Waals surface area (Å²) in [6.45, 7) is 2.11. The lowest BCUT2D eigenvalue weighted by Crippen LogP contribution is -2.22. The Morgan fingerprint density at radius 1 is 1.00 bits per heavy atom. The first kappa shape index (κ1) is 16.7. The van der Waals surface area contributed by atoms with Crippen molar-refractivity contribution in [1.82, 2.24) is 14.9 Å². The molecule has 26 heavy (non-hydrogen) atoms. The van der Waals surface area contributed by atoms with Crippen molar-refractivity contribution in [3.63, 3.8) is 0 Å². The van der Waals surface area contributed by atoms with Crippen LogP contribution in [0, 0.1) is 0 Å². The van der Waals surface area contributed by atoms with E-state index >= 15 is 0 Å². The number of benzene rings is 2. The van der Waals surface area contributed by atoms with Gasteiger partial charge in [0, 0.05) is 11.1 Å². The van der Waals surface area contributed by atoms with E-state index < -0.39 is 0 Å². The maximum absolute atomic E-state index is 5.51. The van der Waals surface area contributed by atoms with Crippen LogP contribution in [0.4, 0.5) is 0 Å². The van der Waals surface area contributed by atoms with Gasteiger partial charge >= 0.3 is 0 Å². The maximum atomic E-state index is 5.51. The lowest BCUT2D eigenvalue weighted by molar-refractivity contribution is 0.414. The topological polar surface area (TPSA) is 61.5 Å². The molecule has 0 bridgehead atoms. The normalized spacial score (nSPS) is 16.0. The molecule has 0 N–H and O–H groups in total. The fraction of sp³-hybridized carbons (Fsp3) is 0.211. The summed E-state index contributed by atoms with van der Waals surface area (Å²) in [5.41, 5.74) is 2.82. The number of para-hydroxylation sites is 1. The summed E-state index contributed by atoms with van der Waals surface area (Å²) in [5, 5.41) is 14.4. The van der Waals surface area contributed by atoms with Gasteiger partial charge in [0.05, 0.1) is 25.2 Å². The average Bonchev–Trinajstić information content (AvgIpc) is 3.10. The molecule has 132 valence electrons. The third kappa shape index (κ3) is 2.84. The van der Waals surface area contributed by atoms with Crippen molar-refractivity contribution in [2.45, 2.75) is 17.3 Å². The van der Waals surface area contributed by atoms with Crippen molar-refractivity contribution < 1.29 is 9.47 Å². The zero-order valence-electron chi connectivity index (χ0n) is 14.7. The second-order valence-corrected chi connectivity index (χ2v) is 7.10. The first-order valence-electron chi connectivity index (χ1n) is 8.20. The summed E-state index contributed by atoms with van der Waals surface area (Å²) in [6, 6.07) is 15.6. The predicted molar refractivity (Wildman–Crippen MR) is 102 cm³/mol. The van der Waals surface area contributed by atoms with E-state index in [-0.39, 0.29) is 5.25 Å². The Labute approximate surface area is 155 Å². The quantitative estimate of drug-likeness (QED) is 0.704. The van der Waals surface area contributed by atoms with Gasteiger partial charge in [0.2, 0.25) is 5.16 Å². The van der Waals surface area contributed by atoms with Crippen molar-refractivity contribution >= 4 is 17.5 Å². The molecule has 0 saturated heterocycles. The predicted octanol–water partition coefficient (Wildman–Crippen LogP) is 3.71. The fourth-order valence-electron chi connectivity index (χ4n) is 2.90. The van der Waals surface area contributed by atoms with Gasteiger partial charge in [-0.1, -0.05) is 36.0 Å². The van der Waals surface area contributed by atoms with Crippen molar-refractivity contribution in [2.24, 2.45) is 5.10 Å². The third-order valence-electron chi connectivity index (χ3n) is 4.20. The van der Waals surface area contributed by atoms with E-state index in [2.05, 4.69) is 17.1 Å². The minimum atomic E-state index is 0.140. The summed E-state index contributed by atoms with van der Waals surface area (Å²) in [4.78, 5) is 0. The van der Waals surface area contributed by atoms with Gasteiger partial charge in [0.25, 0.3) is 0 Å². The van der Waals surface area contributed by atoms with Crippen molar-refractivity contribution in [2.75, 3.05) is 14.2 Å². The number of nitrogens with zero attached hydrogens (tertiary/aromatic N) is 4. The van der Waals surface area contributed by atoms with Gasteiger partial charge in [-0.3, -0.25) is 0 Å². The number of rotatable bonds is 4. The van der Waals surface area contributed by atoms with Gasteiger partial charge < -0.3 is 9.47 Å². The second-order valence-electron chi connectivity index (χ2n) is 5.80. The van der Waals surface area contributed by atoms with Gasteiger partial charge in [-0.05, 0) is 31.2 Å². The molecule has 1 aliphatic rings. The molecule has 1 aliphatic heterocycles. The molecule has 3 aromatic rings. The number of methoxy groups -OCH3 is 2. The standard InChI is InChI=1S/C19H18N4O2S/c1-12-17(15-9-4-5-10-16(15)25-3)22-23-18(20-21-19(23)26-12)13-7-6-8-14(11-13)24-2/h4-12H,1-3H3/t12-/m0/s1. The Kier molecular flexibility index (Phi) is 4.38. The average molecular weight is 366 g/mol. The molecule has 6 nitrogen and oxygen atoms in total. The molecule has 0 unspecified atom stereocenters. The highest BCUT2D eigenvalue weighted by Crippen LogP contribution is 2.35.